The third-order valence-electron chi connectivity index (χ3n) is 4.48. The van der Waals surface area contributed by atoms with Crippen LogP contribution in [-0.2, 0) is 14.3 Å². The fraction of sp³-hybridized carbons (Fsp3) is 0.350. The molecule has 156 valence electrons. The van der Waals surface area contributed by atoms with Gasteiger partial charge in [0.2, 0.25) is 0 Å². The minimum absolute atomic E-state index is 0.0718. The first-order chi connectivity index (χ1) is 13.7. The molecule has 1 aromatic carbocycles. The third-order valence-corrected chi connectivity index (χ3v) is 4.48. The Morgan fingerprint density at radius 2 is 1.66 bits per heavy atom. The van der Waals surface area contributed by atoms with Gasteiger partial charge in [-0.1, -0.05) is 12.1 Å². The SMILES string of the molecule is Cc1cc(C(=O)CN2CCOCC2)c(C)n1-c1ccccc1F.O=C(O)C(=O)O. The number of para-hydroxylation sites is 1. The van der Waals surface area contributed by atoms with E-state index in [1.807, 2.05) is 24.5 Å². The Kier molecular flexibility index (Phi) is 7.63. The lowest BCUT2D eigenvalue weighted by Gasteiger charge is -2.25. The number of ketones is 1. The van der Waals surface area contributed by atoms with Gasteiger partial charge in [0.15, 0.2) is 5.78 Å². The van der Waals surface area contributed by atoms with Crippen molar-refractivity contribution in [1.29, 1.82) is 0 Å². The van der Waals surface area contributed by atoms with Gasteiger partial charge in [-0.25, -0.2) is 14.0 Å². The van der Waals surface area contributed by atoms with Gasteiger partial charge in [-0.05, 0) is 32.0 Å². The number of aryl methyl sites for hydroxylation is 1. The van der Waals surface area contributed by atoms with Crippen LogP contribution in [0.2, 0.25) is 0 Å². The zero-order valence-electron chi connectivity index (χ0n) is 16.2. The molecule has 29 heavy (non-hydrogen) atoms. The van der Waals surface area contributed by atoms with Crippen molar-refractivity contribution in [2.75, 3.05) is 32.8 Å². The monoisotopic (exact) mass is 406 g/mol. The molecule has 0 saturated carbocycles. The van der Waals surface area contributed by atoms with E-state index in [0.717, 1.165) is 24.5 Å². The van der Waals surface area contributed by atoms with E-state index in [2.05, 4.69) is 4.90 Å². The number of benzene rings is 1. The lowest BCUT2D eigenvalue weighted by atomic mass is 10.1. The number of Topliss-reactive ketones (excluding diaryl/α,β-unsaturated/α-hetero) is 1. The first kappa shape index (κ1) is 22.3. The Hall–Kier alpha value is -3.04. The Balaban J connectivity index is 0.000000438. The molecule has 0 bridgehead atoms. The molecule has 0 radical (unpaired) electrons. The van der Waals surface area contributed by atoms with Crippen LogP contribution >= 0.6 is 0 Å². The second-order valence-corrected chi connectivity index (χ2v) is 6.49. The van der Waals surface area contributed by atoms with E-state index in [4.69, 9.17) is 24.5 Å². The van der Waals surface area contributed by atoms with E-state index >= 15 is 0 Å². The van der Waals surface area contributed by atoms with Crippen LogP contribution in [0.15, 0.2) is 30.3 Å². The summed E-state index contributed by atoms with van der Waals surface area (Å²) in [5.74, 6) is -3.87. The molecule has 0 spiro atoms. The summed E-state index contributed by atoms with van der Waals surface area (Å²) in [5, 5.41) is 14.8. The summed E-state index contributed by atoms with van der Waals surface area (Å²) in [6, 6.07) is 8.48. The second kappa shape index (κ2) is 9.94. The fourth-order valence-corrected chi connectivity index (χ4v) is 3.10. The van der Waals surface area contributed by atoms with Crippen molar-refractivity contribution >= 4 is 17.7 Å². The van der Waals surface area contributed by atoms with Crippen molar-refractivity contribution in [3.05, 3.63) is 53.1 Å². The number of rotatable bonds is 4. The van der Waals surface area contributed by atoms with Gasteiger partial charge < -0.3 is 19.5 Å². The number of hydrogen-bond acceptors (Lipinski definition) is 5. The predicted octanol–water partition coefficient (Wildman–Crippen LogP) is 1.90. The first-order valence-electron chi connectivity index (χ1n) is 8.95. The van der Waals surface area contributed by atoms with Gasteiger partial charge in [0, 0.05) is 30.0 Å². The van der Waals surface area contributed by atoms with Gasteiger partial charge in [0.25, 0.3) is 0 Å². The zero-order valence-corrected chi connectivity index (χ0v) is 16.2. The van der Waals surface area contributed by atoms with Gasteiger partial charge in [-0.15, -0.1) is 0 Å². The maximum atomic E-state index is 14.1. The maximum Gasteiger partial charge on any atom is 0.414 e. The average molecular weight is 406 g/mol. The predicted molar refractivity (Wildman–Crippen MR) is 102 cm³/mol. The minimum Gasteiger partial charge on any atom is -0.473 e. The van der Waals surface area contributed by atoms with E-state index in [1.165, 1.54) is 6.07 Å². The third kappa shape index (κ3) is 5.72. The number of aliphatic carboxylic acids is 2. The fourth-order valence-electron chi connectivity index (χ4n) is 3.10. The number of carboxylic acid groups (broad SMARTS) is 2. The number of ether oxygens (including phenoxy) is 1. The molecule has 1 aromatic heterocycles. The molecule has 1 fully saturated rings. The quantitative estimate of drug-likeness (QED) is 0.590. The Morgan fingerprint density at radius 1 is 1.07 bits per heavy atom. The van der Waals surface area contributed by atoms with Crippen molar-refractivity contribution in [3.63, 3.8) is 0 Å². The molecule has 1 aliphatic heterocycles. The molecule has 2 aromatic rings. The van der Waals surface area contributed by atoms with Crippen molar-refractivity contribution < 1.29 is 33.7 Å². The standard InChI is InChI=1S/C18H21FN2O2.C2H2O4/c1-13-11-15(18(22)12-20-7-9-23-10-8-20)14(2)21(13)17-6-4-3-5-16(17)19;3-1(4)2(5)6/h3-6,11H,7-10,12H2,1-2H3;(H,3,4)(H,5,6). The maximum absolute atomic E-state index is 14.1. The van der Waals surface area contributed by atoms with Crippen LogP contribution in [0.4, 0.5) is 4.39 Å². The molecule has 2 N–H and O–H groups in total. The highest BCUT2D eigenvalue weighted by Crippen LogP contribution is 2.23. The molecule has 0 amide bonds. The highest BCUT2D eigenvalue weighted by molar-refractivity contribution is 6.27. The molecule has 1 saturated heterocycles. The van der Waals surface area contributed by atoms with E-state index in [-0.39, 0.29) is 11.6 Å². The van der Waals surface area contributed by atoms with Crippen molar-refractivity contribution in [1.82, 2.24) is 9.47 Å². The molecule has 9 heteroatoms. The number of carbonyl (C=O) groups excluding carboxylic acids is 1. The number of carbonyl (C=O) groups is 3. The summed E-state index contributed by atoms with van der Waals surface area (Å²) in [5.41, 5.74) is 2.79. The molecule has 0 aliphatic carbocycles. The molecular formula is C20H23FN2O6. The molecule has 8 nitrogen and oxygen atoms in total. The van der Waals surface area contributed by atoms with Gasteiger partial charge >= 0.3 is 11.9 Å². The van der Waals surface area contributed by atoms with Crippen molar-refractivity contribution in [3.8, 4) is 5.69 Å². The van der Waals surface area contributed by atoms with Crippen LogP contribution in [0.5, 0.6) is 0 Å². The number of carboxylic acids is 2. The zero-order chi connectivity index (χ0) is 21.6. The molecular weight excluding hydrogens is 383 g/mol. The summed E-state index contributed by atoms with van der Waals surface area (Å²) < 4.78 is 21.2. The van der Waals surface area contributed by atoms with E-state index in [1.54, 1.807) is 18.2 Å². The summed E-state index contributed by atoms with van der Waals surface area (Å²) in [4.78, 5) is 32.9. The largest absolute Gasteiger partial charge is 0.473 e. The van der Waals surface area contributed by atoms with Gasteiger partial charge in [0.1, 0.15) is 5.82 Å². The Morgan fingerprint density at radius 3 is 2.21 bits per heavy atom. The molecule has 1 aliphatic rings. The topological polar surface area (TPSA) is 109 Å². The van der Waals surface area contributed by atoms with Crippen LogP contribution in [-0.4, -0.2) is 70.2 Å². The summed E-state index contributed by atoms with van der Waals surface area (Å²) in [6.07, 6.45) is 0. The molecule has 3 rings (SSSR count). The lowest BCUT2D eigenvalue weighted by molar-refractivity contribution is -0.159. The second-order valence-electron chi connectivity index (χ2n) is 6.49. The number of aromatic nitrogens is 1. The highest BCUT2D eigenvalue weighted by Gasteiger charge is 2.21. The van der Waals surface area contributed by atoms with Gasteiger partial charge in [-0.2, -0.15) is 0 Å². The van der Waals surface area contributed by atoms with Crippen LogP contribution in [0.1, 0.15) is 21.7 Å². The number of nitrogens with zero attached hydrogens (tertiary/aromatic N) is 2. The van der Waals surface area contributed by atoms with Crippen LogP contribution in [0.3, 0.4) is 0 Å². The number of morpholine rings is 1. The first-order valence-corrected chi connectivity index (χ1v) is 8.95. The van der Waals surface area contributed by atoms with Crippen LogP contribution in [0, 0.1) is 19.7 Å². The van der Waals surface area contributed by atoms with E-state index < -0.39 is 11.9 Å². The normalized spacial score (nSPS) is 14.0. The Bertz CT molecular complexity index is 890. The number of halogens is 1. The van der Waals surface area contributed by atoms with Crippen molar-refractivity contribution in [2.24, 2.45) is 0 Å². The smallest absolute Gasteiger partial charge is 0.414 e. The van der Waals surface area contributed by atoms with E-state index in [0.29, 0.717) is 31.0 Å². The molecule has 2 heterocycles. The van der Waals surface area contributed by atoms with E-state index in [9.17, 15) is 9.18 Å². The average Bonchev–Trinajstić information content (AvgIpc) is 2.98. The van der Waals surface area contributed by atoms with Crippen molar-refractivity contribution in [2.45, 2.75) is 13.8 Å². The highest BCUT2D eigenvalue weighted by atomic mass is 19.1. The summed E-state index contributed by atoms with van der Waals surface area (Å²) >= 11 is 0. The lowest BCUT2D eigenvalue weighted by Crippen LogP contribution is -2.39. The molecule has 0 unspecified atom stereocenters. The Labute approximate surface area is 167 Å². The van der Waals surface area contributed by atoms with Gasteiger partial charge in [0.05, 0.1) is 25.4 Å². The summed E-state index contributed by atoms with van der Waals surface area (Å²) in [6.45, 7) is 7.03. The minimum atomic E-state index is -1.82. The van der Waals surface area contributed by atoms with Gasteiger partial charge in [-0.3, -0.25) is 9.69 Å². The van der Waals surface area contributed by atoms with Crippen LogP contribution < -0.4 is 0 Å². The number of hydrogen-bond donors (Lipinski definition) is 2. The van der Waals surface area contributed by atoms with Crippen LogP contribution in [0.25, 0.3) is 5.69 Å². The summed E-state index contributed by atoms with van der Waals surface area (Å²) in [7, 11) is 0. The molecule has 0 atom stereocenters.